The zero-order valence-electron chi connectivity index (χ0n) is 16.5. The van der Waals surface area contributed by atoms with E-state index >= 15 is 0 Å². The number of rotatable bonds is 5. The Balaban J connectivity index is 1.48. The van der Waals surface area contributed by atoms with Gasteiger partial charge in [-0.2, -0.15) is 0 Å². The Kier molecular flexibility index (Phi) is 5.52. The van der Waals surface area contributed by atoms with Crippen molar-refractivity contribution in [3.05, 3.63) is 10.8 Å². The molecule has 0 aromatic heterocycles. The van der Waals surface area contributed by atoms with Crippen molar-refractivity contribution in [2.45, 2.75) is 56.5 Å². The highest BCUT2D eigenvalue weighted by molar-refractivity contribution is 8.03. The SMILES string of the molecule is CC(O)C1C(=O)N2C(OC(=O)O)=C(SC3CNC(C(=O)N4CCCC4)C3)C(C)[C@H]12. The second-order valence-corrected chi connectivity index (χ2v) is 9.60. The minimum absolute atomic E-state index is 0.0659. The van der Waals surface area contributed by atoms with Crippen molar-refractivity contribution in [2.75, 3.05) is 19.6 Å². The molecular weight excluding hydrogens is 398 g/mol. The average molecular weight is 426 g/mol. The van der Waals surface area contributed by atoms with Crippen LogP contribution in [0, 0.1) is 11.8 Å². The fraction of sp³-hybridized carbons (Fsp3) is 0.737. The molecule has 3 saturated heterocycles. The number of carboxylic acid groups (broad SMARTS) is 1. The summed E-state index contributed by atoms with van der Waals surface area (Å²) in [4.78, 5) is 40.3. The molecule has 0 saturated carbocycles. The van der Waals surface area contributed by atoms with Crippen molar-refractivity contribution in [2.24, 2.45) is 11.8 Å². The second kappa shape index (κ2) is 7.81. The summed E-state index contributed by atoms with van der Waals surface area (Å²) in [5.74, 6) is -0.803. The van der Waals surface area contributed by atoms with Crippen LogP contribution in [0.2, 0.25) is 0 Å². The fourth-order valence-electron chi connectivity index (χ4n) is 4.92. The minimum Gasteiger partial charge on any atom is -0.449 e. The van der Waals surface area contributed by atoms with E-state index in [2.05, 4.69) is 5.32 Å². The van der Waals surface area contributed by atoms with E-state index in [1.54, 1.807) is 6.92 Å². The monoisotopic (exact) mass is 425 g/mol. The third kappa shape index (κ3) is 3.51. The zero-order valence-corrected chi connectivity index (χ0v) is 17.4. The average Bonchev–Trinajstić information content (AvgIpc) is 3.36. The van der Waals surface area contributed by atoms with E-state index in [1.165, 1.54) is 16.7 Å². The Morgan fingerprint density at radius 3 is 2.62 bits per heavy atom. The summed E-state index contributed by atoms with van der Waals surface area (Å²) in [6.07, 6.45) is 0.469. The molecule has 4 aliphatic heterocycles. The van der Waals surface area contributed by atoms with Gasteiger partial charge in [-0.05, 0) is 26.2 Å². The van der Waals surface area contributed by atoms with Crippen LogP contribution in [-0.2, 0) is 14.3 Å². The lowest BCUT2D eigenvalue weighted by atomic mass is 9.79. The van der Waals surface area contributed by atoms with Gasteiger partial charge in [0.25, 0.3) is 0 Å². The number of likely N-dealkylation sites (tertiary alicyclic amines) is 1. The summed E-state index contributed by atoms with van der Waals surface area (Å²) < 4.78 is 5.00. The number of hydrogen-bond acceptors (Lipinski definition) is 7. The molecule has 0 radical (unpaired) electrons. The van der Waals surface area contributed by atoms with Crippen LogP contribution in [-0.4, -0.2) is 81.1 Å². The molecule has 0 aliphatic carbocycles. The molecule has 4 aliphatic rings. The molecule has 4 heterocycles. The standard InChI is InChI=1S/C19H27N3O6S/c1-9-14-13(10(2)23)17(25)22(14)18(28-19(26)27)15(9)29-11-7-12(20-8-11)16(24)21-5-3-4-6-21/h9-14,20,23H,3-8H2,1-2H3,(H,26,27)/t9?,10?,11?,12?,13?,14-/m1/s1. The first kappa shape index (κ1) is 20.5. The van der Waals surface area contributed by atoms with Crippen LogP contribution in [0.25, 0.3) is 0 Å². The van der Waals surface area contributed by atoms with Crippen molar-refractivity contribution < 1.29 is 29.3 Å². The maximum Gasteiger partial charge on any atom is 0.512 e. The summed E-state index contributed by atoms with van der Waals surface area (Å²) in [7, 11) is 0. The van der Waals surface area contributed by atoms with E-state index in [0.29, 0.717) is 17.9 Å². The molecule has 0 spiro atoms. The van der Waals surface area contributed by atoms with Crippen LogP contribution >= 0.6 is 11.8 Å². The molecule has 29 heavy (non-hydrogen) atoms. The Labute approximate surface area is 173 Å². The molecule has 2 amide bonds. The van der Waals surface area contributed by atoms with Gasteiger partial charge in [0, 0.05) is 30.8 Å². The van der Waals surface area contributed by atoms with Crippen LogP contribution in [0.3, 0.4) is 0 Å². The Hall–Kier alpha value is -1.78. The number of aliphatic hydroxyl groups excluding tert-OH is 1. The first-order valence-corrected chi connectivity index (χ1v) is 11.0. The lowest BCUT2D eigenvalue weighted by Gasteiger charge is -2.45. The Morgan fingerprint density at radius 1 is 1.31 bits per heavy atom. The summed E-state index contributed by atoms with van der Waals surface area (Å²) in [5.41, 5.74) is 0. The summed E-state index contributed by atoms with van der Waals surface area (Å²) in [5, 5.41) is 22.5. The predicted molar refractivity (Wildman–Crippen MR) is 105 cm³/mol. The van der Waals surface area contributed by atoms with Gasteiger partial charge in [0.1, 0.15) is 0 Å². The van der Waals surface area contributed by atoms with Crippen LogP contribution < -0.4 is 5.32 Å². The highest BCUT2D eigenvalue weighted by Crippen LogP contribution is 2.52. The number of β-lactam (4-membered cyclic amide) rings is 1. The number of carbonyl (C=O) groups is 3. The number of nitrogens with one attached hydrogen (secondary N) is 1. The van der Waals surface area contributed by atoms with Gasteiger partial charge in [-0.25, -0.2) is 4.79 Å². The predicted octanol–water partition coefficient (Wildman–Crippen LogP) is 0.794. The number of ether oxygens (including phenoxy) is 1. The highest BCUT2D eigenvalue weighted by Gasteiger charge is 2.60. The van der Waals surface area contributed by atoms with Gasteiger partial charge >= 0.3 is 6.16 Å². The maximum absolute atomic E-state index is 12.6. The molecule has 0 aromatic carbocycles. The van der Waals surface area contributed by atoms with Crippen molar-refractivity contribution in [3.63, 3.8) is 0 Å². The van der Waals surface area contributed by atoms with E-state index in [-0.39, 0.29) is 40.9 Å². The zero-order chi connectivity index (χ0) is 20.9. The molecule has 0 aromatic rings. The van der Waals surface area contributed by atoms with E-state index in [9.17, 15) is 19.5 Å². The highest BCUT2D eigenvalue weighted by atomic mass is 32.2. The number of nitrogens with zero attached hydrogens (tertiary/aromatic N) is 2. The molecule has 5 unspecified atom stereocenters. The lowest BCUT2D eigenvalue weighted by molar-refractivity contribution is -0.163. The fourth-order valence-corrected chi connectivity index (χ4v) is 6.34. The quantitative estimate of drug-likeness (QED) is 0.437. The normalized spacial score (nSPS) is 35.0. The van der Waals surface area contributed by atoms with E-state index < -0.39 is 18.2 Å². The minimum atomic E-state index is -1.47. The molecule has 6 atom stereocenters. The van der Waals surface area contributed by atoms with E-state index in [0.717, 1.165) is 25.9 Å². The smallest absolute Gasteiger partial charge is 0.449 e. The van der Waals surface area contributed by atoms with Crippen molar-refractivity contribution in [1.82, 2.24) is 15.1 Å². The maximum atomic E-state index is 12.6. The first-order valence-electron chi connectivity index (χ1n) is 10.1. The van der Waals surface area contributed by atoms with Gasteiger partial charge in [-0.1, -0.05) is 6.92 Å². The van der Waals surface area contributed by atoms with Gasteiger partial charge in [-0.15, -0.1) is 11.8 Å². The van der Waals surface area contributed by atoms with Crippen LogP contribution in [0.1, 0.15) is 33.1 Å². The number of hydrogen-bond donors (Lipinski definition) is 3. The molecule has 3 fully saturated rings. The number of aliphatic hydroxyl groups is 1. The van der Waals surface area contributed by atoms with Crippen LogP contribution in [0.4, 0.5) is 4.79 Å². The van der Waals surface area contributed by atoms with Gasteiger partial charge in [-0.3, -0.25) is 14.5 Å². The Morgan fingerprint density at radius 2 is 2.00 bits per heavy atom. The molecule has 160 valence electrons. The molecule has 0 bridgehead atoms. The molecule has 4 rings (SSSR count). The van der Waals surface area contributed by atoms with Crippen LogP contribution in [0.5, 0.6) is 0 Å². The topological polar surface area (TPSA) is 119 Å². The van der Waals surface area contributed by atoms with Gasteiger partial charge < -0.3 is 25.2 Å². The third-order valence-electron chi connectivity index (χ3n) is 6.35. The molecular formula is C19H27N3O6S. The largest absolute Gasteiger partial charge is 0.512 e. The number of thioether (sulfide) groups is 1. The summed E-state index contributed by atoms with van der Waals surface area (Å²) >= 11 is 1.48. The number of amides is 2. The van der Waals surface area contributed by atoms with Gasteiger partial charge in [0.15, 0.2) is 0 Å². The molecule has 3 N–H and O–H groups in total. The lowest BCUT2D eigenvalue weighted by Crippen LogP contribution is -2.63. The van der Waals surface area contributed by atoms with Gasteiger partial charge in [0.05, 0.1) is 29.0 Å². The van der Waals surface area contributed by atoms with Crippen molar-refractivity contribution in [1.29, 1.82) is 0 Å². The number of carbonyl (C=O) groups excluding carboxylic acids is 2. The van der Waals surface area contributed by atoms with E-state index in [1.807, 2.05) is 11.8 Å². The first-order chi connectivity index (χ1) is 13.8. The summed E-state index contributed by atoms with van der Waals surface area (Å²) in [6.45, 7) is 5.75. The molecule has 10 heteroatoms. The third-order valence-corrected chi connectivity index (χ3v) is 7.84. The van der Waals surface area contributed by atoms with Crippen molar-refractivity contribution in [3.8, 4) is 0 Å². The van der Waals surface area contributed by atoms with Gasteiger partial charge in [0.2, 0.25) is 17.7 Å². The summed E-state index contributed by atoms with van der Waals surface area (Å²) in [6, 6.07) is -0.522. The number of fused-ring (bicyclic) bond motifs is 1. The van der Waals surface area contributed by atoms with E-state index in [4.69, 9.17) is 9.84 Å². The molecule has 9 nitrogen and oxygen atoms in total. The van der Waals surface area contributed by atoms with Crippen LogP contribution in [0.15, 0.2) is 10.8 Å². The second-order valence-electron chi connectivity index (χ2n) is 8.26. The van der Waals surface area contributed by atoms with Crippen molar-refractivity contribution >= 4 is 29.7 Å². The Bertz CT molecular complexity index is 750.